The van der Waals surface area contributed by atoms with Crippen molar-refractivity contribution in [1.82, 2.24) is 9.55 Å². The second-order valence-corrected chi connectivity index (χ2v) is 6.75. The molecule has 0 saturated heterocycles. The van der Waals surface area contributed by atoms with Gasteiger partial charge in [0.1, 0.15) is 0 Å². The van der Waals surface area contributed by atoms with Crippen LogP contribution in [0.1, 0.15) is 26.7 Å². The molecule has 2 bridgehead atoms. The molecule has 3 unspecified atom stereocenters. The van der Waals surface area contributed by atoms with Gasteiger partial charge in [0, 0.05) is 12.4 Å². The van der Waals surface area contributed by atoms with Gasteiger partial charge in [-0.2, -0.15) is 0 Å². The van der Waals surface area contributed by atoms with Gasteiger partial charge in [0.2, 0.25) is 0 Å². The Labute approximate surface area is 120 Å². The summed E-state index contributed by atoms with van der Waals surface area (Å²) < 4.78 is 7.59. The summed E-state index contributed by atoms with van der Waals surface area (Å²) in [7, 11) is 0. The van der Waals surface area contributed by atoms with Crippen molar-refractivity contribution in [3.05, 3.63) is 30.4 Å². The molecule has 0 aliphatic heterocycles. The van der Waals surface area contributed by atoms with E-state index in [-0.39, 0.29) is 0 Å². The molecule has 20 heavy (non-hydrogen) atoms. The van der Waals surface area contributed by atoms with Crippen molar-refractivity contribution in [2.24, 2.45) is 17.3 Å². The number of allylic oxidation sites excluding steroid dienone is 1. The molecule has 0 aromatic carbocycles. The van der Waals surface area contributed by atoms with Crippen molar-refractivity contribution in [2.45, 2.75) is 39.3 Å². The average molecular weight is 276 g/mol. The van der Waals surface area contributed by atoms with Gasteiger partial charge in [0.25, 0.3) is 0 Å². The van der Waals surface area contributed by atoms with Gasteiger partial charge < -0.3 is 14.4 Å². The summed E-state index contributed by atoms with van der Waals surface area (Å²) in [6.07, 6.45) is 9.67. The molecule has 0 amide bonds. The maximum absolute atomic E-state index is 9.94. The van der Waals surface area contributed by atoms with Crippen LogP contribution in [0.3, 0.4) is 0 Å². The Morgan fingerprint density at radius 1 is 1.55 bits per heavy atom. The van der Waals surface area contributed by atoms with E-state index < -0.39 is 6.10 Å². The van der Waals surface area contributed by atoms with E-state index in [1.807, 2.05) is 10.8 Å². The Balaban J connectivity index is 1.43. The van der Waals surface area contributed by atoms with Crippen LogP contribution in [-0.4, -0.2) is 34.0 Å². The minimum atomic E-state index is -0.476. The van der Waals surface area contributed by atoms with Gasteiger partial charge in [-0.05, 0) is 35.7 Å². The van der Waals surface area contributed by atoms with Crippen LogP contribution in [0.2, 0.25) is 0 Å². The first-order valence-electron chi connectivity index (χ1n) is 7.48. The number of nitrogens with zero attached hydrogens (tertiary/aromatic N) is 2. The number of fused-ring (bicyclic) bond motifs is 1. The van der Waals surface area contributed by atoms with Gasteiger partial charge in [0.15, 0.2) is 0 Å². The third kappa shape index (κ3) is 2.54. The molecular formula is C16H24N2O2. The molecule has 3 aliphatic carbocycles. The summed E-state index contributed by atoms with van der Waals surface area (Å²) in [5, 5.41) is 9.94. The predicted molar refractivity (Wildman–Crippen MR) is 77.1 cm³/mol. The van der Waals surface area contributed by atoms with Crippen molar-refractivity contribution in [3.8, 4) is 0 Å². The summed E-state index contributed by atoms with van der Waals surface area (Å²) in [5.74, 6) is 1.55. The molecule has 4 nitrogen and oxygen atoms in total. The summed E-state index contributed by atoms with van der Waals surface area (Å²) >= 11 is 0. The third-order valence-corrected chi connectivity index (χ3v) is 5.14. The first kappa shape index (κ1) is 13.8. The Morgan fingerprint density at radius 2 is 2.40 bits per heavy atom. The summed E-state index contributed by atoms with van der Waals surface area (Å²) in [6, 6.07) is 0. The number of ether oxygens (including phenoxy) is 1. The fourth-order valence-electron chi connectivity index (χ4n) is 3.64. The van der Waals surface area contributed by atoms with Gasteiger partial charge in [0.05, 0.1) is 32.2 Å². The Hall–Kier alpha value is -1.13. The molecule has 1 aromatic heterocycles. The third-order valence-electron chi connectivity index (χ3n) is 5.14. The lowest BCUT2D eigenvalue weighted by Crippen LogP contribution is -2.48. The van der Waals surface area contributed by atoms with E-state index in [1.54, 1.807) is 12.5 Å². The van der Waals surface area contributed by atoms with Crippen LogP contribution >= 0.6 is 0 Å². The molecule has 4 rings (SSSR count). The van der Waals surface area contributed by atoms with Crippen LogP contribution in [0.25, 0.3) is 0 Å². The number of hydrogen-bond donors (Lipinski definition) is 1. The number of aliphatic hydroxyl groups is 1. The average Bonchev–Trinajstić information content (AvgIpc) is 2.91. The zero-order valence-electron chi connectivity index (χ0n) is 12.3. The fourth-order valence-corrected chi connectivity index (χ4v) is 3.64. The second kappa shape index (κ2) is 5.34. The number of aromatic nitrogens is 2. The molecule has 0 spiro atoms. The lowest BCUT2D eigenvalue weighted by atomic mass is 9.49. The molecule has 1 saturated carbocycles. The molecule has 110 valence electrons. The molecule has 1 N–H and O–H groups in total. The van der Waals surface area contributed by atoms with Crippen LogP contribution in [0.15, 0.2) is 30.4 Å². The van der Waals surface area contributed by atoms with Gasteiger partial charge in [-0.15, -0.1) is 0 Å². The van der Waals surface area contributed by atoms with Gasteiger partial charge in [-0.1, -0.05) is 19.9 Å². The Bertz CT molecular complexity index is 479. The van der Waals surface area contributed by atoms with Crippen molar-refractivity contribution in [3.63, 3.8) is 0 Å². The molecule has 1 aromatic rings. The number of rotatable bonds is 6. The first-order valence-corrected chi connectivity index (χ1v) is 7.48. The van der Waals surface area contributed by atoms with E-state index in [0.717, 1.165) is 5.92 Å². The van der Waals surface area contributed by atoms with Crippen molar-refractivity contribution in [2.75, 3.05) is 13.2 Å². The van der Waals surface area contributed by atoms with Crippen LogP contribution in [-0.2, 0) is 11.3 Å². The zero-order chi connectivity index (χ0) is 14.2. The summed E-state index contributed by atoms with van der Waals surface area (Å²) in [4.78, 5) is 3.96. The highest BCUT2D eigenvalue weighted by Crippen LogP contribution is 2.59. The number of hydrogen-bond acceptors (Lipinski definition) is 3. The molecule has 4 heteroatoms. The fraction of sp³-hybridized carbons (Fsp3) is 0.688. The van der Waals surface area contributed by atoms with Gasteiger partial charge in [-0.3, -0.25) is 0 Å². The SMILES string of the molecule is CC1(C)C2CC=C(COCC(O)Cn3ccnc3)C1C2. The van der Waals surface area contributed by atoms with Crippen molar-refractivity contribution >= 4 is 0 Å². The lowest BCUT2D eigenvalue weighted by molar-refractivity contribution is -0.0247. The topological polar surface area (TPSA) is 47.3 Å². The quantitative estimate of drug-likeness (QED) is 0.811. The van der Waals surface area contributed by atoms with Crippen molar-refractivity contribution < 1.29 is 9.84 Å². The molecule has 1 fully saturated rings. The lowest BCUT2D eigenvalue weighted by Gasteiger charge is -2.56. The van der Waals surface area contributed by atoms with E-state index in [0.29, 0.717) is 31.1 Å². The van der Waals surface area contributed by atoms with E-state index in [1.165, 1.54) is 18.4 Å². The summed E-state index contributed by atoms with van der Waals surface area (Å²) in [5.41, 5.74) is 1.88. The van der Waals surface area contributed by atoms with Crippen LogP contribution in [0.5, 0.6) is 0 Å². The molecular weight excluding hydrogens is 252 g/mol. The molecule has 3 atom stereocenters. The maximum atomic E-state index is 9.94. The Morgan fingerprint density at radius 3 is 3.05 bits per heavy atom. The second-order valence-electron chi connectivity index (χ2n) is 6.75. The van der Waals surface area contributed by atoms with Crippen molar-refractivity contribution in [1.29, 1.82) is 0 Å². The largest absolute Gasteiger partial charge is 0.389 e. The minimum absolute atomic E-state index is 0.381. The van der Waals surface area contributed by atoms with Crippen LogP contribution in [0, 0.1) is 17.3 Å². The summed E-state index contributed by atoms with van der Waals surface area (Å²) in [6.45, 7) is 6.32. The van der Waals surface area contributed by atoms with E-state index in [4.69, 9.17) is 4.74 Å². The minimum Gasteiger partial charge on any atom is -0.389 e. The maximum Gasteiger partial charge on any atom is 0.0952 e. The highest BCUT2D eigenvalue weighted by atomic mass is 16.5. The van der Waals surface area contributed by atoms with E-state index >= 15 is 0 Å². The first-order chi connectivity index (χ1) is 9.57. The number of aliphatic hydroxyl groups excluding tert-OH is 1. The smallest absolute Gasteiger partial charge is 0.0952 e. The molecule has 3 aliphatic rings. The monoisotopic (exact) mass is 276 g/mol. The van der Waals surface area contributed by atoms with Crippen LogP contribution in [0.4, 0.5) is 0 Å². The van der Waals surface area contributed by atoms with Gasteiger partial charge in [-0.25, -0.2) is 4.98 Å². The predicted octanol–water partition coefficient (Wildman–Crippen LogP) is 2.25. The highest BCUT2D eigenvalue weighted by molar-refractivity contribution is 5.23. The highest BCUT2D eigenvalue weighted by Gasteiger charge is 2.50. The van der Waals surface area contributed by atoms with Gasteiger partial charge >= 0.3 is 0 Å². The van der Waals surface area contributed by atoms with Crippen LogP contribution < -0.4 is 0 Å². The molecule has 0 radical (unpaired) electrons. The Kier molecular flexibility index (Phi) is 3.69. The van der Waals surface area contributed by atoms with E-state index in [2.05, 4.69) is 24.9 Å². The zero-order valence-corrected chi connectivity index (χ0v) is 12.3. The number of imidazole rings is 1. The molecule has 1 heterocycles. The standard InChI is InChI=1S/C16H24N2O2/c1-16(2)13-4-3-12(15(16)7-13)9-20-10-14(19)8-18-6-5-17-11-18/h3,5-6,11,13-15,19H,4,7-10H2,1-2H3. The van der Waals surface area contributed by atoms with E-state index in [9.17, 15) is 5.11 Å². The normalized spacial score (nSPS) is 28.6.